The van der Waals surface area contributed by atoms with Gasteiger partial charge < -0.3 is 5.32 Å². The van der Waals surface area contributed by atoms with E-state index in [0.29, 0.717) is 5.69 Å². The Morgan fingerprint density at radius 2 is 1.94 bits per heavy atom. The highest BCUT2D eigenvalue weighted by molar-refractivity contribution is 5.95. The van der Waals surface area contributed by atoms with Gasteiger partial charge in [-0.3, -0.25) is 14.6 Å². The molecule has 94 valence electrons. The average Bonchev–Trinajstić information content (AvgIpc) is 2.38. The fourth-order valence-corrected chi connectivity index (χ4v) is 0.959. The molecule has 0 aliphatic heterocycles. The Morgan fingerprint density at radius 3 is 2.41 bits per heavy atom. The summed E-state index contributed by atoms with van der Waals surface area (Å²) in [6, 6.07) is 5.07. The van der Waals surface area contributed by atoms with Crippen LogP contribution in [-0.4, -0.2) is 23.2 Å². The van der Waals surface area contributed by atoms with Crippen molar-refractivity contribution in [3.63, 3.8) is 0 Å². The number of rotatable bonds is 4. The molecule has 0 spiro atoms. The number of aromatic nitrogens is 1. The van der Waals surface area contributed by atoms with Gasteiger partial charge >= 0.3 is 0 Å². The summed E-state index contributed by atoms with van der Waals surface area (Å²) in [5.41, 5.74) is 0.328. The zero-order valence-electron chi connectivity index (χ0n) is 10.9. The average molecular weight is 236 g/mol. The number of Topliss-reactive ketones (excluding diaryl/α,β-unsaturated/α-hetero) is 1. The summed E-state index contributed by atoms with van der Waals surface area (Å²) in [7, 11) is 0. The van der Waals surface area contributed by atoms with Crippen molar-refractivity contribution < 1.29 is 9.59 Å². The minimum absolute atomic E-state index is 0.0132. The molecular formula is C13H20N2O2. The first kappa shape index (κ1) is 15.3. The van der Waals surface area contributed by atoms with Crippen molar-refractivity contribution >= 4 is 11.7 Å². The Labute approximate surface area is 102 Å². The van der Waals surface area contributed by atoms with Crippen molar-refractivity contribution in [2.45, 2.75) is 27.7 Å². The Kier molecular flexibility index (Phi) is 7.59. The smallest absolute Gasteiger partial charge is 0.270 e. The van der Waals surface area contributed by atoms with E-state index in [1.165, 1.54) is 0 Å². The molecule has 0 aromatic carbocycles. The molecule has 0 fully saturated rings. The monoisotopic (exact) mass is 236 g/mol. The zero-order valence-corrected chi connectivity index (χ0v) is 10.9. The van der Waals surface area contributed by atoms with Gasteiger partial charge in [0, 0.05) is 12.1 Å². The normalized spacial score (nSPS) is 9.24. The third kappa shape index (κ3) is 5.80. The van der Waals surface area contributed by atoms with Crippen LogP contribution in [0.25, 0.3) is 0 Å². The van der Waals surface area contributed by atoms with Gasteiger partial charge in [-0.25, -0.2) is 0 Å². The second kappa shape index (κ2) is 8.44. The van der Waals surface area contributed by atoms with Gasteiger partial charge in [0.15, 0.2) is 5.78 Å². The number of carbonyl (C=O) groups is 2. The Hall–Kier alpha value is -1.71. The number of nitrogens with zero attached hydrogens (tertiary/aromatic N) is 1. The molecule has 0 aliphatic carbocycles. The Balaban J connectivity index is 0.00000121. The van der Waals surface area contributed by atoms with E-state index in [0.717, 1.165) is 0 Å². The largest absolute Gasteiger partial charge is 0.344 e. The molecule has 4 nitrogen and oxygen atoms in total. The van der Waals surface area contributed by atoms with Gasteiger partial charge in [0.05, 0.1) is 6.54 Å². The predicted molar refractivity (Wildman–Crippen MR) is 67.8 cm³/mol. The molecule has 0 atom stereocenters. The van der Waals surface area contributed by atoms with Crippen LogP contribution in [-0.2, 0) is 4.79 Å². The highest BCUT2D eigenvalue weighted by Crippen LogP contribution is 1.95. The predicted octanol–water partition coefficient (Wildman–Crippen LogP) is 2.06. The second-order valence-electron chi connectivity index (χ2n) is 3.52. The van der Waals surface area contributed by atoms with Gasteiger partial charge in [0.25, 0.3) is 5.91 Å². The highest BCUT2D eigenvalue weighted by atomic mass is 16.2. The van der Waals surface area contributed by atoms with Gasteiger partial charge in [-0.1, -0.05) is 33.8 Å². The first-order valence-electron chi connectivity index (χ1n) is 5.83. The molecule has 1 aromatic rings. The molecule has 1 amide bonds. The number of hydrogen-bond acceptors (Lipinski definition) is 3. The lowest BCUT2D eigenvalue weighted by Gasteiger charge is -2.05. The number of ketones is 1. The third-order valence-electron chi connectivity index (χ3n) is 1.96. The van der Waals surface area contributed by atoms with Gasteiger partial charge in [-0.15, -0.1) is 0 Å². The number of pyridine rings is 1. The van der Waals surface area contributed by atoms with E-state index in [2.05, 4.69) is 10.3 Å². The van der Waals surface area contributed by atoms with Crippen LogP contribution in [0.1, 0.15) is 38.2 Å². The van der Waals surface area contributed by atoms with E-state index < -0.39 is 0 Å². The number of nitrogens with one attached hydrogen (secondary N) is 1. The number of hydrogen-bond donors (Lipinski definition) is 1. The zero-order chi connectivity index (χ0) is 13.3. The molecule has 1 N–H and O–H groups in total. The molecule has 0 aliphatic rings. The summed E-state index contributed by atoms with van der Waals surface area (Å²) in [4.78, 5) is 26.6. The lowest BCUT2D eigenvalue weighted by atomic mass is 10.1. The van der Waals surface area contributed by atoms with Crippen LogP contribution in [0.15, 0.2) is 24.4 Å². The molecule has 0 bridgehead atoms. The van der Waals surface area contributed by atoms with Crippen molar-refractivity contribution in [2.75, 3.05) is 6.54 Å². The van der Waals surface area contributed by atoms with E-state index in [-0.39, 0.29) is 24.2 Å². The summed E-state index contributed by atoms with van der Waals surface area (Å²) in [6.07, 6.45) is 1.54. The third-order valence-corrected chi connectivity index (χ3v) is 1.96. The van der Waals surface area contributed by atoms with Crippen molar-refractivity contribution in [3.05, 3.63) is 30.1 Å². The highest BCUT2D eigenvalue weighted by Gasteiger charge is 2.10. The number of amides is 1. The SMILES string of the molecule is CC.CC(C)C(=O)CNC(=O)c1ccccn1. The van der Waals surface area contributed by atoms with Crippen LogP contribution in [0.3, 0.4) is 0 Å². The minimum Gasteiger partial charge on any atom is -0.344 e. The second-order valence-corrected chi connectivity index (χ2v) is 3.52. The summed E-state index contributed by atoms with van der Waals surface area (Å²) >= 11 is 0. The van der Waals surface area contributed by atoms with Crippen LogP contribution in [0.4, 0.5) is 0 Å². The van der Waals surface area contributed by atoms with Crippen LogP contribution in [0.2, 0.25) is 0 Å². The van der Waals surface area contributed by atoms with Crippen LogP contribution in [0.5, 0.6) is 0 Å². The molecule has 0 saturated carbocycles. The fourth-order valence-electron chi connectivity index (χ4n) is 0.959. The Bertz CT molecular complexity index is 348. The molecule has 0 unspecified atom stereocenters. The topological polar surface area (TPSA) is 59.1 Å². The van der Waals surface area contributed by atoms with Gasteiger partial charge in [0.2, 0.25) is 0 Å². The summed E-state index contributed by atoms with van der Waals surface area (Å²) in [6.45, 7) is 7.66. The van der Waals surface area contributed by atoms with E-state index in [1.54, 1.807) is 38.2 Å². The van der Waals surface area contributed by atoms with Crippen LogP contribution in [0, 0.1) is 5.92 Å². The molecule has 0 saturated heterocycles. The van der Waals surface area contributed by atoms with Crippen molar-refractivity contribution in [2.24, 2.45) is 5.92 Å². The minimum atomic E-state index is -0.315. The molecule has 17 heavy (non-hydrogen) atoms. The van der Waals surface area contributed by atoms with E-state index >= 15 is 0 Å². The Morgan fingerprint density at radius 1 is 1.29 bits per heavy atom. The summed E-state index contributed by atoms with van der Waals surface area (Å²) in [5, 5.41) is 2.53. The standard InChI is InChI=1S/C11H14N2O2.C2H6/c1-8(2)10(14)7-13-11(15)9-5-3-4-6-12-9;1-2/h3-6,8H,7H2,1-2H3,(H,13,15);1-2H3. The van der Waals surface area contributed by atoms with E-state index in [4.69, 9.17) is 0 Å². The maximum absolute atomic E-state index is 11.4. The van der Waals surface area contributed by atoms with Crippen LogP contribution < -0.4 is 5.32 Å². The number of carbonyl (C=O) groups excluding carboxylic acids is 2. The summed E-state index contributed by atoms with van der Waals surface area (Å²) < 4.78 is 0. The first-order valence-corrected chi connectivity index (χ1v) is 5.83. The van der Waals surface area contributed by atoms with Crippen molar-refractivity contribution in [3.8, 4) is 0 Å². The lowest BCUT2D eigenvalue weighted by Crippen LogP contribution is -2.31. The molecule has 0 radical (unpaired) electrons. The molecule has 1 aromatic heterocycles. The van der Waals surface area contributed by atoms with Gasteiger partial charge in [0.1, 0.15) is 5.69 Å². The van der Waals surface area contributed by atoms with Gasteiger partial charge in [-0.05, 0) is 12.1 Å². The molecule has 1 rings (SSSR count). The van der Waals surface area contributed by atoms with Crippen molar-refractivity contribution in [1.29, 1.82) is 0 Å². The van der Waals surface area contributed by atoms with Crippen molar-refractivity contribution in [1.82, 2.24) is 10.3 Å². The fraction of sp³-hybridized carbons (Fsp3) is 0.462. The maximum Gasteiger partial charge on any atom is 0.270 e. The molecular weight excluding hydrogens is 216 g/mol. The maximum atomic E-state index is 11.4. The first-order chi connectivity index (χ1) is 8.11. The van der Waals surface area contributed by atoms with Crippen LogP contribution >= 0.6 is 0 Å². The summed E-state index contributed by atoms with van der Waals surface area (Å²) in [5.74, 6) is -0.363. The van der Waals surface area contributed by atoms with E-state index in [1.807, 2.05) is 13.8 Å². The quantitative estimate of drug-likeness (QED) is 0.870. The molecule has 1 heterocycles. The van der Waals surface area contributed by atoms with E-state index in [9.17, 15) is 9.59 Å². The lowest BCUT2D eigenvalue weighted by molar-refractivity contribution is -0.120. The van der Waals surface area contributed by atoms with Gasteiger partial charge in [-0.2, -0.15) is 0 Å². The molecule has 4 heteroatoms.